The van der Waals surface area contributed by atoms with Crippen molar-refractivity contribution >= 4 is 76.2 Å². The number of ether oxygens (including phenoxy) is 2. The summed E-state index contributed by atoms with van der Waals surface area (Å²) in [5.41, 5.74) is 23.9. The lowest BCUT2D eigenvalue weighted by molar-refractivity contribution is 0.304. The summed E-state index contributed by atoms with van der Waals surface area (Å²) in [4.78, 5) is 20.0. The van der Waals surface area contributed by atoms with E-state index < -0.39 is 0 Å². The second kappa shape index (κ2) is 30.7. The van der Waals surface area contributed by atoms with E-state index in [0.717, 1.165) is 192 Å². The first kappa shape index (κ1) is 59.3. The number of unbranched alkanes of at least 4 members (excludes halogenated alkanes) is 14. The van der Waals surface area contributed by atoms with E-state index in [2.05, 4.69) is 158 Å². The highest BCUT2D eigenvalue weighted by Crippen LogP contribution is 2.45. The van der Waals surface area contributed by atoms with Crippen molar-refractivity contribution < 1.29 is 9.47 Å². The molecular formula is C68H92Br2N4O2. The van der Waals surface area contributed by atoms with Gasteiger partial charge in [-0.05, 0) is 197 Å². The Morgan fingerprint density at radius 1 is 0.434 bits per heavy atom. The van der Waals surface area contributed by atoms with Crippen molar-refractivity contribution in [2.75, 3.05) is 23.9 Å². The lowest BCUT2D eigenvalue weighted by Gasteiger charge is -2.11. The van der Waals surface area contributed by atoms with Crippen LogP contribution in [0.15, 0.2) is 60.7 Å². The summed E-state index contributed by atoms with van der Waals surface area (Å²) in [5.74, 6) is 1.83. The molecule has 410 valence electrons. The Kier molecular flexibility index (Phi) is 23.9. The number of benzene rings is 2. The zero-order valence-electron chi connectivity index (χ0n) is 48.0. The summed E-state index contributed by atoms with van der Waals surface area (Å²) in [7, 11) is 0. The van der Waals surface area contributed by atoms with Crippen molar-refractivity contribution in [2.45, 2.75) is 209 Å². The van der Waals surface area contributed by atoms with Crippen molar-refractivity contribution in [3.63, 3.8) is 0 Å². The molecule has 5 heterocycles. The fourth-order valence-electron chi connectivity index (χ4n) is 11.4. The summed E-state index contributed by atoms with van der Waals surface area (Å²) in [6.07, 6.45) is 27.4. The first-order valence-corrected chi connectivity index (χ1v) is 32.2. The van der Waals surface area contributed by atoms with Crippen molar-refractivity contribution in [3.8, 4) is 33.8 Å². The standard InChI is InChI=1S/C68H92Br2N4O2/c1-9-13-35-55-47(5)65-63(51-31-29-33-53(43-51)75-41-27-23-19-17-21-25-39-69)66-49(7)57(37-15-11-3)61(73-66)46-62-58(38-16-12-4)50(8)68(74-62)64(67-48(6)56(36-14-10-2)60(72-67)45-59(55)71-65)52-32-30-34-54(44-52)76-42-28-24-20-18-22-26-40-70/h29-34,43-46,71,74H,9-28,35-42H2,1-8H3. The predicted molar refractivity (Wildman–Crippen MR) is 337 cm³/mol. The largest absolute Gasteiger partial charge is 0.494 e. The number of nitrogens with zero attached hydrogens (tertiary/aromatic N) is 2. The molecule has 0 unspecified atom stereocenters. The number of fused-ring (bicyclic) bond motifs is 8. The smallest absolute Gasteiger partial charge is 0.119 e. The second-order valence-electron chi connectivity index (χ2n) is 21.8. The van der Waals surface area contributed by atoms with E-state index >= 15 is 0 Å². The summed E-state index contributed by atoms with van der Waals surface area (Å²) in [6, 6.07) is 22.5. The molecule has 3 aromatic heterocycles. The van der Waals surface area contributed by atoms with Crippen molar-refractivity contribution in [1.29, 1.82) is 0 Å². The van der Waals surface area contributed by atoms with Crippen LogP contribution in [-0.4, -0.2) is 43.8 Å². The minimum atomic E-state index is 0.718. The molecular weight excluding hydrogens is 1060 g/mol. The number of rotatable bonds is 32. The molecule has 7 rings (SSSR count). The Labute approximate surface area is 475 Å². The van der Waals surface area contributed by atoms with Crippen LogP contribution in [0, 0.1) is 13.8 Å². The Balaban J connectivity index is 1.52. The van der Waals surface area contributed by atoms with Gasteiger partial charge in [0.2, 0.25) is 0 Å². The third-order valence-electron chi connectivity index (χ3n) is 16.0. The topological polar surface area (TPSA) is 75.8 Å². The average Bonchev–Trinajstić information content (AvgIpc) is 4.14. The molecule has 0 aliphatic carbocycles. The van der Waals surface area contributed by atoms with Crippen LogP contribution in [0.2, 0.25) is 0 Å². The molecule has 76 heavy (non-hydrogen) atoms. The summed E-state index contributed by atoms with van der Waals surface area (Å²) in [6.45, 7) is 20.0. The molecule has 8 heteroatoms. The molecule has 0 atom stereocenters. The van der Waals surface area contributed by atoms with Crippen molar-refractivity contribution in [1.82, 2.24) is 19.9 Å². The highest BCUT2D eigenvalue weighted by molar-refractivity contribution is 9.09. The van der Waals surface area contributed by atoms with Crippen LogP contribution in [0.4, 0.5) is 0 Å². The maximum Gasteiger partial charge on any atom is 0.119 e. The van der Waals surface area contributed by atoms with Gasteiger partial charge >= 0.3 is 0 Å². The molecule has 0 amide bonds. The van der Waals surface area contributed by atoms with Gasteiger partial charge in [-0.1, -0.05) is 161 Å². The van der Waals surface area contributed by atoms with Gasteiger partial charge in [0, 0.05) is 32.8 Å². The van der Waals surface area contributed by atoms with E-state index in [4.69, 9.17) is 19.4 Å². The summed E-state index contributed by atoms with van der Waals surface area (Å²) >= 11 is 7.17. The number of aryl methyl sites for hydroxylation is 4. The van der Waals surface area contributed by atoms with Crippen LogP contribution in [0.25, 0.3) is 66.6 Å². The SMILES string of the molecule is CCCCC1=C(C)c2nc1cc1[nH]c(c(C)c1CCCC)c(-c1cccc(OCCCCCCCCBr)c1)c1nc(cc3[nH]c(c(C)c3CCCC)c2-c2cccc(OCCCCCCCCBr)c2)C(CCCC)=C1C. The fraction of sp³-hybridized carbons (Fsp3) is 0.529. The van der Waals surface area contributed by atoms with Gasteiger partial charge in [-0.15, -0.1) is 0 Å². The molecule has 0 fully saturated rings. The zero-order valence-corrected chi connectivity index (χ0v) is 51.2. The van der Waals surface area contributed by atoms with Crippen molar-refractivity contribution in [2.24, 2.45) is 0 Å². The van der Waals surface area contributed by atoms with E-state index in [1.54, 1.807) is 0 Å². The lowest BCUT2D eigenvalue weighted by atomic mass is 9.94. The molecule has 2 aliphatic heterocycles. The van der Waals surface area contributed by atoms with Crippen LogP contribution in [0.1, 0.15) is 228 Å². The molecule has 0 saturated heterocycles. The zero-order chi connectivity index (χ0) is 53.8. The molecule has 2 N–H and O–H groups in total. The quantitative estimate of drug-likeness (QED) is 0.0332. The fourth-order valence-corrected chi connectivity index (χ4v) is 12.2. The molecule has 0 spiro atoms. The Morgan fingerprint density at radius 2 is 0.803 bits per heavy atom. The van der Waals surface area contributed by atoms with Gasteiger partial charge in [-0.3, -0.25) is 0 Å². The van der Waals surface area contributed by atoms with E-state index in [1.165, 1.54) is 109 Å². The van der Waals surface area contributed by atoms with E-state index in [0.29, 0.717) is 0 Å². The van der Waals surface area contributed by atoms with Crippen molar-refractivity contribution in [3.05, 3.63) is 106 Å². The molecule has 2 aromatic carbocycles. The maximum absolute atomic E-state index is 6.59. The average molecular weight is 1160 g/mol. The Bertz CT molecular complexity index is 2720. The van der Waals surface area contributed by atoms with Gasteiger partial charge in [0.25, 0.3) is 0 Å². The van der Waals surface area contributed by atoms with E-state index in [9.17, 15) is 0 Å². The van der Waals surface area contributed by atoms with Crippen LogP contribution >= 0.6 is 31.9 Å². The third kappa shape index (κ3) is 15.0. The number of H-pyrrole nitrogens is 2. The second-order valence-corrected chi connectivity index (χ2v) is 23.3. The molecule has 0 radical (unpaired) electrons. The number of nitrogens with one attached hydrogen (secondary N) is 2. The van der Waals surface area contributed by atoms with Gasteiger partial charge in [-0.2, -0.15) is 0 Å². The molecule has 8 bridgehead atoms. The number of hydrogen-bond acceptors (Lipinski definition) is 4. The number of aromatic amines is 2. The monoisotopic (exact) mass is 1150 g/mol. The number of alkyl halides is 2. The van der Waals surface area contributed by atoms with Gasteiger partial charge in [0.05, 0.1) is 47.0 Å². The highest BCUT2D eigenvalue weighted by Gasteiger charge is 2.27. The highest BCUT2D eigenvalue weighted by atomic mass is 79.9. The summed E-state index contributed by atoms with van der Waals surface area (Å²) < 4.78 is 13.2. The normalized spacial score (nSPS) is 12.7. The first-order chi connectivity index (χ1) is 37.2. The molecule has 6 nitrogen and oxygen atoms in total. The first-order valence-electron chi connectivity index (χ1n) is 30.0. The Morgan fingerprint density at radius 3 is 1.18 bits per heavy atom. The third-order valence-corrected chi connectivity index (χ3v) is 17.1. The van der Waals surface area contributed by atoms with Gasteiger partial charge in [0.15, 0.2) is 0 Å². The molecule has 2 aliphatic rings. The number of aromatic nitrogens is 4. The summed E-state index contributed by atoms with van der Waals surface area (Å²) in [5, 5.41) is 2.19. The van der Waals surface area contributed by atoms with Crippen LogP contribution in [0.5, 0.6) is 11.5 Å². The predicted octanol–water partition coefficient (Wildman–Crippen LogP) is 21.4. The van der Waals surface area contributed by atoms with Crippen LogP contribution in [-0.2, 0) is 12.8 Å². The van der Waals surface area contributed by atoms with Gasteiger partial charge in [0.1, 0.15) is 11.5 Å². The van der Waals surface area contributed by atoms with E-state index in [-0.39, 0.29) is 0 Å². The number of allylic oxidation sites excluding steroid dienone is 4. The lowest BCUT2D eigenvalue weighted by Crippen LogP contribution is -1.98. The molecule has 0 saturated carbocycles. The number of hydrogen-bond donors (Lipinski definition) is 2. The Hall–Kier alpha value is -4.40. The number of halogens is 2. The van der Waals surface area contributed by atoms with Crippen LogP contribution in [0.3, 0.4) is 0 Å². The minimum Gasteiger partial charge on any atom is -0.494 e. The van der Waals surface area contributed by atoms with Gasteiger partial charge in [-0.25, -0.2) is 9.97 Å². The maximum atomic E-state index is 6.59. The minimum absolute atomic E-state index is 0.718. The van der Waals surface area contributed by atoms with Crippen LogP contribution < -0.4 is 9.47 Å². The van der Waals surface area contributed by atoms with Gasteiger partial charge < -0.3 is 19.4 Å². The van der Waals surface area contributed by atoms with E-state index in [1.807, 2.05) is 0 Å². The molecule has 5 aromatic rings.